The molecule has 0 unspecified atom stereocenters. The minimum atomic E-state index is 0.547. The van der Waals surface area contributed by atoms with E-state index in [0.717, 1.165) is 24.0 Å². The zero-order valence-corrected chi connectivity index (χ0v) is 17.0. The molecule has 0 bridgehead atoms. The van der Waals surface area contributed by atoms with E-state index in [1.165, 1.54) is 57.4 Å². The van der Waals surface area contributed by atoms with Crippen LogP contribution in [0.15, 0.2) is 54.6 Å². The number of piperidine rings is 2. The fourth-order valence-corrected chi connectivity index (χ4v) is 4.68. The Morgan fingerprint density at radius 2 is 1.54 bits per heavy atom. The number of anilines is 1. The maximum atomic E-state index is 5.48. The first-order valence-electron chi connectivity index (χ1n) is 10.7. The third-order valence-electron chi connectivity index (χ3n) is 6.32. The molecule has 0 amide bonds. The maximum Gasteiger partial charge on any atom is 0.141 e. The Balaban J connectivity index is 1.21. The Morgan fingerprint density at radius 3 is 2.25 bits per heavy atom. The quantitative estimate of drug-likeness (QED) is 0.813. The second kappa shape index (κ2) is 9.44. The van der Waals surface area contributed by atoms with Crippen molar-refractivity contribution in [2.45, 2.75) is 44.3 Å². The molecule has 2 saturated heterocycles. The predicted octanol–water partition coefficient (Wildman–Crippen LogP) is 4.24. The Hall–Kier alpha value is -2.04. The highest BCUT2D eigenvalue weighted by Crippen LogP contribution is 2.27. The van der Waals surface area contributed by atoms with Gasteiger partial charge in [0.15, 0.2) is 0 Å². The van der Waals surface area contributed by atoms with Crippen LogP contribution in [-0.4, -0.2) is 55.2 Å². The lowest BCUT2D eigenvalue weighted by molar-refractivity contribution is 0.0869. The molecule has 0 spiro atoms. The fraction of sp³-hybridized carbons (Fsp3) is 0.500. The van der Waals surface area contributed by atoms with Crippen LogP contribution in [0.2, 0.25) is 0 Å². The highest BCUT2D eigenvalue weighted by atomic mass is 16.5. The first-order chi connectivity index (χ1) is 13.8. The molecule has 2 aromatic carbocycles. The highest BCUT2D eigenvalue weighted by Gasteiger charge is 2.28. The van der Waals surface area contributed by atoms with Crippen molar-refractivity contribution in [2.75, 3.05) is 38.6 Å². The fourth-order valence-electron chi connectivity index (χ4n) is 4.68. The first kappa shape index (κ1) is 19.3. The molecular formula is C24H33N3O. The van der Waals surface area contributed by atoms with Gasteiger partial charge < -0.3 is 15.0 Å². The van der Waals surface area contributed by atoms with Crippen LogP contribution in [0, 0.1) is 0 Å². The number of rotatable bonds is 6. The molecule has 2 aromatic rings. The van der Waals surface area contributed by atoms with E-state index in [-0.39, 0.29) is 0 Å². The number of likely N-dealkylation sites (tertiary alicyclic amines) is 2. The van der Waals surface area contributed by atoms with Gasteiger partial charge >= 0.3 is 0 Å². The summed E-state index contributed by atoms with van der Waals surface area (Å²) in [5, 5.41) is 3.70. The second-order valence-electron chi connectivity index (χ2n) is 8.15. The molecule has 0 radical (unpaired) electrons. The number of nitrogens with zero attached hydrogens (tertiary/aromatic N) is 2. The summed E-state index contributed by atoms with van der Waals surface area (Å²) in [6.45, 7) is 5.95. The molecular weight excluding hydrogens is 346 g/mol. The number of para-hydroxylation sites is 2. The maximum absolute atomic E-state index is 5.48. The summed E-state index contributed by atoms with van der Waals surface area (Å²) in [7, 11) is 1.74. The van der Waals surface area contributed by atoms with Crippen LogP contribution < -0.4 is 10.1 Å². The molecule has 2 heterocycles. The van der Waals surface area contributed by atoms with E-state index in [2.05, 4.69) is 57.6 Å². The van der Waals surface area contributed by atoms with Crippen LogP contribution in [0.4, 0.5) is 5.69 Å². The molecule has 4 rings (SSSR count). The van der Waals surface area contributed by atoms with Gasteiger partial charge in [0.1, 0.15) is 5.75 Å². The summed E-state index contributed by atoms with van der Waals surface area (Å²) in [6.07, 6.45) is 5.03. The lowest BCUT2D eigenvalue weighted by Gasteiger charge is -2.42. The predicted molar refractivity (Wildman–Crippen MR) is 116 cm³/mol. The van der Waals surface area contributed by atoms with Crippen molar-refractivity contribution >= 4 is 5.69 Å². The minimum absolute atomic E-state index is 0.547. The number of benzene rings is 2. The van der Waals surface area contributed by atoms with Crippen LogP contribution in [0.25, 0.3) is 0 Å². The zero-order chi connectivity index (χ0) is 19.2. The van der Waals surface area contributed by atoms with Crippen molar-refractivity contribution in [1.29, 1.82) is 0 Å². The Labute approximate surface area is 169 Å². The number of hydrogen-bond donors (Lipinski definition) is 1. The molecule has 2 fully saturated rings. The van der Waals surface area contributed by atoms with Crippen LogP contribution in [-0.2, 0) is 6.54 Å². The SMILES string of the molecule is COc1ccccc1NC1CCN(C2CCN(Cc3ccccc3)CC2)CC1. The smallest absolute Gasteiger partial charge is 0.141 e. The van der Waals surface area contributed by atoms with Crippen molar-refractivity contribution in [2.24, 2.45) is 0 Å². The summed E-state index contributed by atoms with van der Waals surface area (Å²) >= 11 is 0. The second-order valence-corrected chi connectivity index (χ2v) is 8.15. The summed E-state index contributed by atoms with van der Waals surface area (Å²) in [5.41, 5.74) is 2.56. The Morgan fingerprint density at radius 1 is 0.857 bits per heavy atom. The molecule has 0 aromatic heterocycles. The van der Waals surface area contributed by atoms with Crippen LogP contribution >= 0.6 is 0 Å². The molecule has 0 saturated carbocycles. The summed E-state index contributed by atoms with van der Waals surface area (Å²) < 4.78 is 5.48. The summed E-state index contributed by atoms with van der Waals surface area (Å²) in [4.78, 5) is 5.35. The van der Waals surface area contributed by atoms with Crippen molar-refractivity contribution in [3.8, 4) is 5.75 Å². The number of nitrogens with one attached hydrogen (secondary N) is 1. The first-order valence-corrected chi connectivity index (χ1v) is 10.7. The molecule has 2 aliphatic heterocycles. The molecule has 4 heteroatoms. The Bertz CT molecular complexity index is 720. The van der Waals surface area contributed by atoms with Gasteiger partial charge in [-0.2, -0.15) is 0 Å². The van der Waals surface area contributed by atoms with E-state index >= 15 is 0 Å². The van der Waals surface area contributed by atoms with Gasteiger partial charge in [0.25, 0.3) is 0 Å². The third kappa shape index (κ3) is 4.86. The highest BCUT2D eigenvalue weighted by molar-refractivity contribution is 5.56. The van der Waals surface area contributed by atoms with Gasteiger partial charge in [-0.05, 0) is 56.5 Å². The lowest BCUT2D eigenvalue weighted by Crippen LogP contribution is -2.49. The van der Waals surface area contributed by atoms with Gasteiger partial charge in [-0.25, -0.2) is 0 Å². The van der Waals surface area contributed by atoms with Gasteiger partial charge in [0, 0.05) is 31.7 Å². The van der Waals surface area contributed by atoms with E-state index in [4.69, 9.17) is 4.74 Å². The van der Waals surface area contributed by atoms with Crippen molar-refractivity contribution in [3.63, 3.8) is 0 Å². The van der Waals surface area contributed by atoms with Crippen molar-refractivity contribution in [3.05, 3.63) is 60.2 Å². The van der Waals surface area contributed by atoms with Crippen LogP contribution in [0.5, 0.6) is 5.75 Å². The monoisotopic (exact) mass is 379 g/mol. The molecule has 28 heavy (non-hydrogen) atoms. The standard InChI is InChI=1S/C24H33N3O/c1-28-24-10-6-5-9-23(24)25-21-11-17-27(18-12-21)22-13-15-26(16-14-22)19-20-7-3-2-4-8-20/h2-10,21-22,25H,11-19H2,1H3. The molecule has 4 nitrogen and oxygen atoms in total. The summed E-state index contributed by atoms with van der Waals surface area (Å²) in [6, 6.07) is 20.4. The van der Waals surface area contributed by atoms with Gasteiger partial charge in [-0.15, -0.1) is 0 Å². The number of methoxy groups -OCH3 is 1. The van der Waals surface area contributed by atoms with E-state index in [9.17, 15) is 0 Å². The molecule has 0 atom stereocenters. The van der Waals surface area contributed by atoms with E-state index in [1.54, 1.807) is 7.11 Å². The van der Waals surface area contributed by atoms with E-state index < -0.39 is 0 Å². The topological polar surface area (TPSA) is 27.7 Å². The third-order valence-corrected chi connectivity index (χ3v) is 6.32. The number of hydrogen-bond acceptors (Lipinski definition) is 4. The molecule has 150 valence electrons. The minimum Gasteiger partial charge on any atom is -0.495 e. The molecule has 0 aliphatic carbocycles. The van der Waals surface area contributed by atoms with Crippen LogP contribution in [0.1, 0.15) is 31.2 Å². The average molecular weight is 380 g/mol. The van der Waals surface area contributed by atoms with Gasteiger partial charge in [0.05, 0.1) is 12.8 Å². The van der Waals surface area contributed by atoms with Gasteiger partial charge in [-0.3, -0.25) is 4.90 Å². The van der Waals surface area contributed by atoms with Gasteiger partial charge in [-0.1, -0.05) is 42.5 Å². The zero-order valence-electron chi connectivity index (χ0n) is 17.0. The molecule has 1 N–H and O–H groups in total. The largest absolute Gasteiger partial charge is 0.495 e. The van der Waals surface area contributed by atoms with Gasteiger partial charge in [0.2, 0.25) is 0 Å². The Kier molecular flexibility index (Phi) is 6.50. The number of ether oxygens (including phenoxy) is 1. The van der Waals surface area contributed by atoms with Crippen molar-refractivity contribution in [1.82, 2.24) is 9.80 Å². The van der Waals surface area contributed by atoms with E-state index in [1.807, 2.05) is 12.1 Å². The van der Waals surface area contributed by atoms with Crippen molar-refractivity contribution < 1.29 is 4.74 Å². The van der Waals surface area contributed by atoms with E-state index in [0.29, 0.717) is 6.04 Å². The summed E-state index contributed by atoms with van der Waals surface area (Å²) in [5.74, 6) is 0.940. The molecule has 2 aliphatic rings. The average Bonchev–Trinajstić information content (AvgIpc) is 2.76. The normalized spacial score (nSPS) is 20.2. The van der Waals surface area contributed by atoms with Crippen LogP contribution in [0.3, 0.4) is 0 Å². The lowest BCUT2D eigenvalue weighted by atomic mass is 9.97.